The molecule has 0 bridgehead atoms. The molecule has 1 N–H and O–H groups in total. The summed E-state index contributed by atoms with van der Waals surface area (Å²) in [5.41, 5.74) is 0.221. The standard InChI is InChI=1S/C13H18N2O5S/c1-9-5-6-11(15(16)17)8-13(9)21(18,19)14-10(2)12-4-3-7-20-12/h5-6,8,10,12,14H,3-4,7H2,1-2H3/t10-,12+/m1/s1. The molecule has 1 heterocycles. The van der Waals surface area contributed by atoms with E-state index in [0.29, 0.717) is 12.2 Å². The SMILES string of the molecule is Cc1ccc([N+](=O)[O-])cc1S(=O)(=O)N[C@H](C)[C@@H]1CCCO1. The largest absolute Gasteiger partial charge is 0.377 e. The van der Waals surface area contributed by atoms with E-state index in [4.69, 9.17) is 4.74 Å². The summed E-state index contributed by atoms with van der Waals surface area (Å²) in [5, 5.41) is 10.8. The highest BCUT2D eigenvalue weighted by molar-refractivity contribution is 7.89. The van der Waals surface area contributed by atoms with Crippen LogP contribution in [0.15, 0.2) is 23.1 Å². The first-order chi connectivity index (χ1) is 9.81. The molecule has 0 aliphatic carbocycles. The third-order valence-electron chi connectivity index (χ3n) is 3.54. The summed E-state index contributed by atoms with van der Waals surface area (Å²) in [5.74, 6) is 0. The summed E-state index contributed by atoms with van der Waals surface area (Å²) < 4.78 is 32.8. The number of hydrogen-bond donors (Lipinski definition) is 1. The Labute approximate surface area is 123 Å². The van der Waals surface area contributed by atoms with Crippen molar-refractivity contribution in [2.75, 3.05) is 6.61 Å². The Balaban J connectivity index is 2.26. The van der Waals surface area contributed by atoms with Crippen LogP contribution in [0.3, 0.4) is 0 Å². The number of sulfonamides is 1. The van der Waals surface area contributed by atoms with Crippen molar-refractivity contribution in [3.05, 3.63) is 33.9 Å². The quantitative estimate of drug-likeness (QED) is 0.659. The van der Waals surface area contributed by atoms with E-state index in [9.17, 15) is 18.5 Å². The normalized spacial score (nSPS) is 20.4. The second-order valence-corrected chi connectivity index (χ2v) is 6.85. The van der Waals surface area contributed by atoms with Crippen LogP contribution in [0, 0.1) is 17.0 Å². The zero-order valence-corrected chi connectivity index (χ0v) is 12.7. The Morgan fingerprint density at radius 2 is 2.19 bits per heavy atom. The lowest BCUT2D eigenvalue weighted by Gasteiger charge is -2.20. The van der Waals surface area contributed by atoms with Gasteiger partial charge in [-0.05, 0) is 32.3 Å². The number of benzene rings is 1. The minimum absolute atomic E-state index is 0.0680. The highest BCUT2D eigenvalue weighted by Gasteiger charge is 2.28. The summed E-state index contributed by atoms with van der Waals surface area (Å²) in [6.45, 7) is 3.97. The number of rotatable bonds is 5. The molecule has 0 saturated carbocycles. The lowest BCUT2D eigenvalue weighted by Crippen LogP contribution is -2.40. The molecule has 21 heavy (non-hydrogen) atoms. The lowest BCUT2D eigenvalue weighted by atomic mass is 10.1. The fourth-order valence-corrected chi connectivity index (χ4v) is 3.91. The minimum Gasteiger partial charge on any atom is -0.377 e. The molecule has 0 aromatic heterocycles. The Kier molecular flexibility index (Phi) is 4.60. The number of hydrogen-bond acceptors (Lipinski definition) is 5. The highest BCUT2D eigenvalue weighted by Crippen LogP contribution is 2.23. The number of non-ortho nitro benzene ring substituents is 1. The van der Waals surface area contributed by atoms with Gasteiger partial charge in [0, 0.05) is 24.8 Å². The zero-order chi connectivity index (χ0) is 15.6. The van der Waals surface area contributed by atoms with E-state index >= 15 is 0 Å². The maximum atomic E-state index is 12.4. The van der Waals surface area contributed by atoms with E-state index in [-0.39, 0.29) is 22.7 Å². The second-order valence-electron chi connectivity index (χ2n) is 5.17. The number of nitrogens with zero attached hydrogens (tertiary/aromatic N) is 1. The van der Waals surface area contributed by atoms with E-state index < -0.39 is 14.9 Å². The van der Waals surface area contributed by atoms with Crippen LogP contribution in [0.25, 0.3) is 0 Å². The molecule has 0 spiro atoms. The van der Waals surface area contributed by atoms with Crippen molar-refractivity contribution in [2.24, 2.45) is 0 Å². The van der Waals surface area contributed by atoms with Gasteiger partial charge in [-0.1, -0.05) is 6.07 Å². The number of nitro groups is 1. The first-order valence-electron chi connectivity index (χ1n) is 6.70. The van der Waals surface area contributed by atoms with Crippen LogP contribution < -0.4 is 4.72 Å². The van der Waals surface area contributed by atoms with Crippen LogP contribution in [0.2, 0.25) is 0 Å². The van der Waals surface area contributed by atoms with Crippen LogP contribution in [-0.2, 0) is 14.8 Å². The Morgan fingerprint density at radius 1 is 1.48 bits per heavy atom. The zero-order valence-electron chi connectivity index (χ0n) is 11.9. The van der Waals surface area contributed by atoms with Gasteiger partial charge in [0.2, 0.25) is 10.0 Å². The molecule has 2 atom stereocenters. The van der Waals surface area contributed by atoms with Crippen molar-refractivity contribution in [3.63, 3.8) is 0 Å². The Hall–Kier alpha value is -1.51. The molecule has 1 fully saturated rings. The van der Waals surface area contributed by atoms with Crippen molar-refractivity contribution in [1.82, 2.24) is 4.72 Å². The molecule has 0 radical (unpaired) electrons. The van der Waals surface area contributed by atoms with Crippen molar-refractivity contribution >= 4 is 15.7 Å². The first kappa shape index (κ1) is 15.9. The topological polar surface area (TPSA) is 98.5 Å². The molecule has 0 unspecified atom stereocenters. The molecular weight excluding hydrogens is 296 g/mol. The molecule has 1 saturated heterocycles. The van der Waals surface area contributed by atoms with Crippen LogP contribution in [0.1, 0.15) is 25.3 Å². The molecule has 2 rings (SSSR count). The summed E-state index contributed by atoms with van der Waals surface area (Å²) in [6.07, 6.45) is 1.56. The maximum absolute atomic E-state index is 12.4. The molecular formula is C13H18N2O5S. The monoisotopic (exact) mass is 314 g/mol. The van der Waals surface area contributed by atoms with Gasteiger partial charge in [-0.25, -0.2) is 13.1 Å². The number of aryl methyl sites for hydroxylation is 1. The second kappa shape index (κ2) is 6.08. The van der Waals surface area contributed by atoms with Crippen LogP contribution >= 0.6 is 0 Å². The van der Waals surface area contributed by atoms with E-state index in [2.05, 4.69) is 4.72 Å². The first-order valence-corrected chi connectivity index (χ1v) is 8.18. The van der Waals surface area contributed by atoms with E-state index in [1.54, 1.807) is 13.8 Å². The maximum Gasteiger partial charge on any atom is 0.270 e. The highest BCUT2D eigenvalue weighted by atomic mass is 32.2. The summed E-state index contributed by atoms with van der Waals surface area (Å²) in [6, 6.07) is 3.43. The fraction of sp³-hybridized carbons (Fsp3) is 0.538. The summed E-state index contributed by atoms with van der Waals surface area (Å²) in [4.78, 5) is 10.1. The van der Waals surface area contributed by atoms with Gasteiger partial charge in [0.05, 0.1) is 15.9 Å². The van der Waals surface area contributed by atoms with Crippen molar-refractivity contribution < 1.29 is 18.1 Å². The van der Waals surface area contributed by atoms with Gasteiger partial charge in [-0.2, -0.15) is 0 Å². The molecule has 7 nitrogen and oxygen atoms in total. The van der Waals surface area contributed by atoms with Gasteiger partial charge >= 0.3 is 0 Å². The molecule has 1 aromatic carbocycles. The summed E-state index contributed by atoms with van der Waals surface area (Å²) in [7, 11) is -3.82. The molecule has 1 aliphatic rings. The number of nitro benzene ring substituents is 1. The smallest absolute Gasteiger partial charge is 0.270 e. The molecule has 0 amide bonds. The Bertz CT molecular complexity index is 638. The van der Waals surface area contributed by atoms with Gasteiger partial charge in [0.1, 0.15) is 0 Å². The lowest BCUT2D eigenvalue weighted by molar-refractivity contribution is -0.385. The predicted molar refractivity (Wildman–Crippen MR) is 76.6 cm³/mol. The van der Waals surface area contributed by atoms with Crippen molar-refractivity contribution in [3.8, 4) is 0 Å². The predicted octanol–water partition coefficient (Wildman–Crippen LogP) is 1.75. The average Bonchev–Trinajstić information content (AvgIpc) is 2.92. The van der Waals surface area contributed by atoms with Gasteiger partial charge in [0.15, 0.2) is 0 Å². The van der Waals surface area contributed by atoms with Gasteiger partial charge in [-0.3, -0.25) is 10.1 Å². The Morgan fingerprint density at radius 3 is 2.76 bits per heavy atom. The van der Waals surface area contributed by atoms with E-state index in [0.717, 1.165) is 18.9 Å². The number of nitrogens with one attached hydrogen (secondary N) is 1. The third kappa shape index (κ3) is 3.58. The van der Waals surface area contributed by atoms with Gasteiger partial charge in [-0.15, -0.1) is 0 Å². The molecule has 8 heteroatoms. The fourth-order valence-electron chi connectivity index (χ4n) is 2.37. The van der Waals surface area contributed by atoms with Crippen molar-refractivity contribution in [2.45, 2.75) is 43.7 Å². The molecule has 1 aliphatic heterocycles. The molecule has 1 aromatic rings. The number of ether oxygens (including phenoxy) is 1. The third-order valence-corrected chi connectivity index (χ3v) is 5.24. The molecule has 116 valence electrons. The van der Waals surface area contributed by atoms with E-state index in [1.807, 2.05) is 0 Å². The van der Waals surface area contributed by atoms with Gasteiger partial charge in [0.25, 0.3) is 5.69 Å². The summed E-state index contributed by atoms with van der Waals surface area (Å²) >= 11 is 0. The van der Waals surface area contributed by atoms with E-state index in [1.165, 1.54) is 12.1 Å². The van der Waals surface area contributed by atoms with Crippen LogP contribution in [-0.4, -0.2) is 32.1 Å². The van der Waals surface area contributed by atoms with Crippen LogP contribution in [0.4, 0.5) is 5.69 Å². The van der Waals surface area contributed by atoms with Crippen molar-refractivity contribution in [1.29, 1.82) is 0 Å². The average molecular weight is 314 g/mol. The minimum atomic E-state index is -3.82. The van der Waals surface area contributed by atoms with Gasteiger partial charge < -0.3 is 4.74 Å². The van der Waals surface area contributed by atoms with Crippen LogP contribution in [0.5, 0.6) is 0 Å².